The lowest BCUT2D eigenvalue weighted by atomic mass is 10.2. The summed E-state index contributed by atoms with van der Waals surface area (Å²) in [6.07, 6.45) is 8.07. The van der Waals surface area contributed by atoms with Crippen LogP contribution in [0, 0.1) is 0 Å². The molecular weight excluding hydrogens is 204 g/mol. The van der Waals surface area contributed by atoms with E-state index in [4.69, 9.17) is 5.84 Å². The first kappa shape index (κ1) is 10.8. The molecule has 2 aromatic rings. The highest BCUT2D eigenvalue weighted by Gasteiger charge is 2.16. The second kappa shape index (κ2) is 4.46. The van der Waals surface area contributed by atoms with E-state index in [9.17, 15) is 0 Å². The Morgan fingerprint density at radius 3 is 2.44 bits per heavy atom. The van der Waals surface area contributed by atoms with Gasteiger partial charge in [-0.3, -0.25) is 5.84 Å². The van der Waals surface area contributed by atoms with Crippen molar-refractivity contribution in [2.75, 3.05) is 0 Å². The van der Waals surface area contributed by atoms with Crippen molar-refractivity contribution in [3.8, 4) is 0 Å². The molecule has 0 aliphatic heterocycles. The van der Waals surface area contributed by atoms with Gasteiger partial charge in [0.1, 0.15) is 11.6 Å². The van der Waals surface area contributed by atoms with Crippen molar-refractivity contribution in [1.82, 2.24) is 24.5 Å². The number of nitrogens with one attached hydrogen (secondary N) is 1. The first-order valence-electron chi connectivity index (χ1n) is 5.12. The van der Waals surface area contributed by atoms with Crippen LogP contribution in [-0.2, 0) is 20.5 Å². The molecule has 0 bridgehead atoms. The average Bonchev–Trinajstić information content (AvgIpc) is 2.85. The van der Waals surface area contributed by atoms with Crippen molar-refractivity contribution in [2.45, 2.75) is 12.5 Å². The summed E-state index contributed by atoms with van der Waals surface area (Å²) >= 11 is 0. The molecule has 1 unspecified atom stereocenters. The van der Waals surface area contributed by atoms with Crippen LogP contribution in [0.2, 0.25) is 0 Å². The molecular formula is C10H16N6. The van der Waals surface area contributed by atoms with Crippen molar-refractivity contribution < 1.29 is 0 Å². The molecule has 6 heteroatoms. The first-order valence-corrected chi connectivity index (χ1v) is 5.12. The fourth-order valence-electron chi connectivity index (χ4n) is 1.71. The minimum Gasteiger partial charge on any atom is -0.338 e. The molecule has 1 atom stereocenters. The lowest BCUT2D eigenvalue weighted by Crippen LogP contribution is -2.32. The number of rotatable bonds is 4. The summed E-state index contributed by atoms with van der Waals surface area (Å²) in [5.41, 5.74) is 2.77. The van der Waals surface area contributed by atoms with Crippen LogP contribution in [0.3, 0.4) is 0 Å². The third-order valence-electron chi connectivity index (χ3n) is 2.68. The lowest BCUT2D eigenvalue weighted by molar-refractivity contribution is 0.491. The number of aromatic nitrogens is 4. The molecule has 0 aliphatic carbocycles. The van der Waals surface area contributed by atoms with Gasteiger partial charge in [-0.15, -0.1) is 0 Å². The molecule has 0 radical (unpaired) electrons. The van der Waals surface area contributed by atoms with Gasteiger partial charge >= 0.3 is 0 Å². The highest BCUT2D eigenvalue weighted by atomic mass is 15.3. The summed E-state index contributed by atoms with van der Waals surface area (Å²) in [6.45, 7) is 0. The van der Waals surface area contributed by atoms with E-state index >= 15 is 0 Å². The third kappa shape index (κ3) is 1.98. The van der Waals surface area contributed by atoms with E-state index in [-0.39, 0.29) is 6.04 Å². The zero-order chi connectivity index (χ0) is 11.5. The van der Waals surface area contributed by atoms with E-state index in [2.05, 4.69) is 15.4 Å². The number of imidazole rings is 2. The van der Waals surface area contributed by atoms with Crippen LogP contribution >= 0.6 is 0 Å². The Morgan fingerprint density at radius 2 is 1.94 bits per heavy atom. The minimum atomic E-state index is -0.0268. The normalized spacial score (nSPS) is 12.9. The van der Waals surface area contributed by atoms with Crippen LogP contribution in [0.5, 0.6) is 0 Å². The predicted molar refractivity (Wildman–Crippen MR) is 60.2 cm³/mol. The maximum atomic E-state index is 5.56. The fourth-order valence-corrected chi connectivity index (χ4v) is 1.71. The topological polar surface area (TPSA) is 73.7 Å². The zero-order valence-electron chi connectivity index (χ0n) is 9.46. The predicted octanol–water partition coefficient (Wildman–Crippen LogP) is -0.0993. The molecule has 0 spiro atoms. The van der Waals surface area contributed by atoms with Gasteiger partial charge in [-0.2, -0.15) is 0 Å². The molecule has 2 rings (SSSR count). The Hall–Kier alpha value is -1.66. The number of nitrogens with zero attached hydrogens (tertiary/aromatic N) is 4. The van der Waals surface area contributed by atoms with E-state index in [1.165, 1.54) is 0 Å². The van der Waals surface area contributed by atoms with E-state index in [0.717, 1.165) is 11.6 Å². The van der Waals surface area contributed by atoms with Crippen molar-refractivity contribution in [3.05, 3.63) is 36.4 Å². The van der Waals surface area contributed by atoms with Gasteiger partial charge < -0.3 is 9.13 Å². The van der Waals surface area contributed by atoms with Gasteiger partial charge in [-0.25, -0.2) is 15.4 Å². The molecule has 3 N–H and O–H groups in total. The Morgan fingerprint density at radius 1 is 1.25 bits per heavy atom. The van der Waals surface area contributed by atoms with Crippen LogP contribution in [-0.4, -0.2) is 19.1 Å². The van der Waals surface area contributed by atoms with Crippen LogP contribution in [0.25, 0.3) is 0 Å². The molecule has 0 fully saturated rings. The molecule has 0 saturated heterocycles. The number of aryl methyl sites for hydroxylation is 2. The van der Waals surface area contributed by atoms with Gasteiger partial charge in [0.2, 0.25) is 0 Å². The van der Waals surface area contributed by atoms with Gasteiger partial charge in [-0.05, 0) is 0 Å². The van der Waals surface area contributed by atoms with Gasteiger partial charge in [-0.1, -0.05) is 0 Å². The van der Waals surface area contributed by atoms with Crippen LogP contribution in [0.1, 0.15) is 17.7 Å². The Balaban J connectivity index is 2.19. The number of hydrazine groups is 1. The van der Waals surface area contributed by atoms with Gasteiger partial charge in [0.15, 0.2) is 0 Å². The monoisotopic (exact) mass is 220 g/mol. The quantitative estimate of drug-likeness (QED) is 0.557. The number of hydrogen-bond donors (Lipinski definition) is 2. The number of nitrogens with two attached hydrogens (primary N) is 1. The van der Waals surface area contributed by atoms with E-state index < -0.39 is 0 Å². The highest BCUT2D eigenvalue weighted by Crippen LogP contribution is 2.13. The van der Waals surface area contributed by atoms with Crippen LogP contribution < -0.4 is 11.3 Å². The average molecular weight is 220 g/mol. The Kier molecular flexibility index (Phi) is 3.02. The second-order valence-electron chi connectivity index (χ2n) is 3.77. The molecule has 0 aliphatic rings. The van der Waals surface area contributed by atoms with Crippen molar-refractivity contribution in [1.29, 1.82) is 0 Å². The van der Waals surface area contributed by atoms with Crippen LogP contribution in [0.15, 0.2) is 24.8 Å². The first-order chi connectivity index (χ1) is 7.72. The fraction of sp³-hybridized carbons (Fsp3) is 0.400. The lowest BCUT2D eigenvalue weighted by Gasteiger charge is -2.15. The van der Waals surface area contributed by atoms with Gasteiger partial charge in [0, 0.05) is 45.3 Å². The second-order valence-corrected chi connectivity index (χ2v) is 3.77. The summed E-state index contributed by atoms with van der Waals surface area (Å²) in [6, 6.07) is -0.0268. The van der Waals surface area contributed by atoms with Gasteiger partial charge in [0.25, 0.3) is 0 Å². The van der Waals surface area contributed by atoms with Crippen molar-refractivity contribution in [3.63, 3.8) is 0 Å². The molecule has 0 saturated carbocycles. The molecule has 16 heavy (non-hydrogen) atoms. The smallest absolute Gasteiger partial charge is 0.127 e. The summed E-state index contributed by atoms with van der Waals surface area (Å²) in [7, 11) is 3.92. The molecule has 86 valence electrons. The molecule has 0 amide bonds. The summed E-state index contributed by atoms with van der Waals surface area (Å²) in [4.78, 5) is 8.55. The van der Waals surface area contributed by atoms with Crippen molar-refractivity contribution in [2.24, 2.45) is 19.9 Å². The molecule has 2 aromatic heterocycles. The Labute approximate surface area is 94.1 Å². The molecule has 6 nitrogen and oxygen atoms in total. The zero-order valence-corrected chi connectivity index (χ0v) is 9.46. The summed E-state index contributed by atoms with van der Waals surface area (Å²) in [5, 5.41) is 0. The van der Waals surface area contributed by atoms with Crippen LogP contribution in [0.4, 0.5) is 0 Å². The summed E-state index contributed by atoms with van der Waals surface area (Å²) in [5.74, 6) is 7.44. The SMILES string of the molecule is Cn1ccnc1CC(NN)c1nccn1C. The molecule has 2 heterocycles. The van der Waals surface area contributed by atoms with E-state index in [1.54, 1.807) is 12.4 Å². The van der Waals surface area contributed by atoms with E-state index in [0.29, 0.717) is 6.42 Å². The maximum absolute atomic E-state index is 5.56. The highest BCUT2D eigenvalue weighted by molar-refractivity contribution is 5.04. The number of hydrogen-bond acceptors (Lipinski definition) is 4. The maximum Gasteiger partial charge on any atom is 0.127 e. The third-order valence-corrected chi connectivity index (χ3v) is 2.68. The minimum absolute atomic E-state index is 0.0268. The molecule has 0 aromatic carbocycles. The van der Waals surface area contributed by atoms with Gasteiger partial charge in [0.05, 0.1) is 6.04 Å². The Bertz CT molecular complexity index is 457. The van der Waals surface area contributed by atoms with E-state index in [1.807, 2.05) is 35.6 Å². The standard InChI is InChI=1S/C10H16N6/c1-15-5-3-12-9(15)7-8(14-11)10-13-4-6-16(10)2/h3-6,8,14H,7,11H2,1-2H3. The summed E-state index contributed by atoms with van der Waals surface area (Å²) < 4.78 is 3.93. The largest absolute Gasteiger partial charge is 0.338 e. The van der Waals surface area contributed by atoms with Crippen molar-refractivity contribution >= 4 is 0 Å².